The highest BCUT2D eigenvalue weighted by atomic mass is 32.2. The van der Waals surface area contributed by atoms with Crippen LogP contribution >= 0.6 is 0 Å². The number of Topliss-reactive ketones (excluding diaryl/α,β-unsaturated/α-hetero) is 1. The van der Waals surface area contributed by atoms with Crippen LogP contribution in [0.15, 0.2) is 47.3 Å². The Morgan fingerprint density at radius 3 is 2.38 bits per heavy atom. The summed E-state index contributed by atoms with van der Waals surface area (Å²) < 4.78 is 94.7. The molecule has 200 valence electrons. The molecule has 0 atom stereocenters. The number of hydrogen-bond donors (Lipinski definition) is 0. The standard InChI is InChI=1S/C24H23F5N2O5S/c1-23(7-9-37(34,35)10-8-23)13-20(32)15-5-6-18-19(11-15)30(14-24(27,28)29)22(33)31(18)16-3-2-4-17(12-16)36-21(25)26/h2-6,11-12,21H,7-10,13-14H2,1H3. The zero-order chi connectivity index (χ0) is 27.2. The van der Waals surface area contributed by atoms with Crippen LogP contribution in [0.1, 0.15) is 36.5 Å². The maximum absolute atomic E-state index is 13.4. The number of halogens is 5. The van der Waals surface area contributed by atoms with Gasteiger partial charge in [-0.2, -0.15) is 22.0 Å². The summed E-state index contributed by atoms with van der Waals surface area (Å²) in [6.45, 7) is -2.98. The van der Waals surface area contributed by atoms with Gasteiger partial charge in [0.1, 0.15) is 22.1 Å². The summed E-state index contributed by atoms with van der Waals surface area (Å²) in [5.41, 5.74) is -1.70. The number of ketones is 1. The molecule has 4 rings (SSSR count). The van der Waals surface area contributed by atoms with Gasteiger partial charge < -0.3 is 4.74 Å². The lowest BCUT2D eigenvalue weighted by atomic mass is 9.78. The lowest BCUT2D eigenvalue weighted by Gasteiger charge is -2.32. The third kappa shape index (κ3) is 6.03. The largest absolute Gasteiger partial charge is 0.435 e. The molecule has 0 saturated carbocycles. The van der Waals surface area contributed by atoms with E-state index in [2.05, 4.69) is 4.74 Å². The van der Waals surface area contributed by atoms with Crippen LogP contribution in [-0.4, -0.2) is 47.6 Å². The Labute approximate surface area is 208 Å². The van der Waals surface area contributed by atoms with Crippen LogP contribution in [0.5, 0.6) is 5.75 Å². The number of ether oxygens (including phenoxy) is 1. The van der Waals surface area contributed by atoms with Crippen LogP contribution < -0.4 is 10.4 Å². The van der Waals surface area contributed by atoms with Gasteiger partial charge in [-0.05, 0) is 48.6 Å². The molecule has 1 aliphatic rings. The molecule has 1 fully saturated rings. The third-order valence-corrected chi connectivity index (χ3v) is 8.16. The van der Waals surface area contributed by atoms with Gasteiger partial charge in [0.2, 0.25) is 0 Å². The molecule has 2 aromatic carbocycles. The van der Waals surface area contributed by atoms with Crippen molar-refractivity contribution in [3.8, 4) is 11.4 Å². The Bertz CT molecular complexity index is 1490. The van der Waals surface area contributed by atoms with E-state index in [9.17, 15) is 40.0 Å². The second-order valence-corrected chi connectivity index (χ2v) is 11.8. The fraction of sp³-hybridized carbons (Fsp3) is 0.417. The van der Waals surface area contributed by atoms with E-state index in [1.54, 1.807) is 6.92 Å². The minimum atomic E-state index is -4.76. The van der Waals surface area contributed by atoms with Crippen molar-refractivity contribution in [2.75, 3.05) is 11.5 Å². The lowest BCUT2D eigenvalue weighted by Crippen LogP contribution is -2.33. The van der Waals surface area contributed by atoms with Gasteiger partial charge in [0.25, 0.3) is 0 Å². The smallest absolute Gasteiger partial charge is 0.406 e. The molecule has 1 aromatic heterocycles. The van der Waals surface area contributed by atoms with E-state index in [1.165, 1.54) is 36.4 Å². The number of carbonyl (C=O) groups is 1. The fourth-order valence-corrected chi connectivity index (χ4v) is 6.32. The van der Waals surface area contributed by atoms with Gasteiger partial charge in [0.15, 0.2) is 5.78 Å². The first-order valence-electron chi connectivity index (χ1n) is 11.3. The van der Waals surface area contributed by atoms with Gasteiger partial charge in [-0.1, -0.05) is 13.0 Å². The maximum Gasteiger partial charge on any atom is 0.406 e. The highest BCUT2D eigenvalue weighted by Gasteiger charge is 2.36. The normalized spacial score (nSPS) is 17.3. The summed E-state index contributed by atoms with van der Waals surface area (Å²) >= 11 is 0. The number of benzene rings is 2. The van der Waals surface area contributed by atoms with Crippen LogP contribution in [0, 0.1) is 5.41 Å². The van der Waals surface area contributed by atoms with Crippen LogP contribution in [0.4, 0.5) is 22.0 Å². The Morgan fingerprint density at radius 1 is 1.08 bits per heavy atom. The second kappa shape index (κ2) is 9.58. The number of aromatic nitrogens is 2. The van der Waals surface area contributed by atoms with Crippen molar-refractivity contribution in [3.05, 3.63) is 58.5 Å². The van der Waals surface area contributed by atoms with Crippen molar-refractivity contribution in [1.82, 2.24) is 9.13 Å². The van der Waals surface area contributed by atoms with Crippen molar-refractivity contribution in [3.63, 3.8) is 0 Å². The van der Waals surface area contributed by atoms with Gasteiger partial charge in [-0.25, -0.2) is 13.2 Å². The van der Waals surface area contributed by atoms with Crippen molar-refractivity contribution >= 4 is 26.7 Å². The zero-order valence-electron chi connectivity index (χ0n) is 19.6. The van der Waals surface area contributed by atoms with Crippen molar-refractivity contribution in [2.24, 2.45) is 5.41 Å². The molecular weight excluding hydrogens is 523 g/mol. The number of rotatable bonds is 7. The monoisotopic (exact) mass is 546 g/mol. The zero-order valence-corrected chi connectivity index (χ0v) is 20.4. The number of carbonyl (C=O) groups excluding carboxylic acids is 1. The molecule has 1 aliphatic heterocycles. The van der Waals surface area contributed by atoms with Crippen molar-refractivity contribution in [2.45, 2.75) is 45.5 Å². The van der Waals surface area contributed by atoms with E-state index in [-0.39, 0.29) is 58.8 Å². The predicted octanol–water partition coefficient (Wildman–Crippen LogP) is 4.74. The number of fused-ring (bicyclic) bond motifs is 1. The average molecular weight is 547 g/mol. The van der Waals surface area contributed by atoms with E-state index in [0.29, 0.717) is 4.57 Å². The van der Waals surface area contributed by atoms with Crippen LogP contribution in [-0.2, 0) is 16.4 Å². The average Bonchev–Trinajstić information content (AvgIpc) is 3.05. The number of alkyl halides is 5. The molecule has 0 aliphatic carbocycles. The van der Waals surface area contributed by atoms with Crippen molar-refractivity contribution in [1.29, 1.82) is 0 Å². The first-order valence-corrected chi connectivity index (χ1v) is 13.1. The third-order valence-electron chi connectivity index (χ3n) is 6.51. The number of hydrogen-bond acceptors (Lipinski definition) is 5. The number of sulfone groups is 1. The Morgan fingerprint density at radius 2 is 1.76 bits per heavy atom. The Kier molecular flexibility index (Phi) is 6.95. The molecule has 0 amide bonds. The minimum absolute atomic E-state index is 0.00378. The quantitative estimate of drug-likeness (QED) is 0.316. The first-order chi connectivity index (χ1) is 17.2. The molecule has 0 radical (unpaired) electrons. The topological polar surface area (TPSA) is 87.4 Å². The molecule has 37 heavy (non-hydrogen) atoms. The molecule has 1 saturated heterocycles. The summed E-state index contributed by atoms with van der Waals surface area (Å²) in [7, 11) is -3.15. The highest BCUT2D eigenvalue weighted by molar-refractivity contribution is 7.91. The number of imidazole rings is 1. The van der Waals surface area contributed by atoms with Gasteiger partial charge in [-0.15, -0.1) is 0 Å². The van der Waals surface area contributed by atoms with Gasteiger partial charge >= 0.3 is 18.5 Å². The first kappa shape index (κ1) is 26.8. The molecule has 0 bridgehead atoms. The highest BCUT2D eigenvalue weighted by Crippen LogP contribution is 2.37. The SMILES string of the molecule is CC1(CC(=O)c2ccc3c(c2)n(CC(F)(F)F)c(=O)n3-c2cccc(OC(F)F)c2)CCS(=O)(=O)CC1. The molecule has 2 heterocycles. The summed E-state index contributed by atoms with van der Waals surface area (Å²) in [6, 6.07) is 8.88. The molecule has 3 aromatic rings. The molecule has 0 unspecified atom stereocenters. The minimum Gasteiger partial charge on any atom is -0.435 e. The van der Waals surface area contributed by atoms with Gasteiger partial charge in [0, 0.05) is 18.1 Å². The summed E-state index contributed by atoms with van der Waals surface area (Å²) in [6.07, 6.45) is -4.19. The second-order valence-electron chi connectivity index (χ2n) is 9.46. The van der Waals surface area contributed by atoms with E-state index >= 15 is 0 Å². The Hall–Kier alpha value is -3.22. The fourth-order valence-electron chi connectivity index (χ4n) is 4.51. The van der Waals surface area contributed by atoms with Gasteiger partial charge in [0.05, 0.1) is 28.2 Å². The predicted molar refractivity (Wildman–Crippen MR) is 125 cm³/mol. The lowest BCUT2D eigenvalue weighted by molar-refractivity contribution is -0.140. The number of nitrogens with zero attached hydrogens (tertiary/aromatic N) is 2. The molecule has 7 nitrogen and oxygen atoms in total. The van der Waals surface area contributed by atoms with E-state index in [4.69, 9.17) is 0 Å². The summed E-state index contributed by atoms with van der Waals surface area (Å²) in [5.74, 6) is -0.767. The maximum atomic E-state index is 13.4. The summed E-state index contributed by atoms with van der Waals surface area (Å²) in [5, 5.41) is 0. The molecule has 0 N–H and O–H groups in total. The van der Waals surface area contributed by atoms with Crippen LogP contribution in [0.3, 0.4) is 0 Å². The molecule has 13 heteroatoms. The summed E-state index contributed by atoms with van der Waals surface area (Å²) in [4.78, 5) is 26.2. The van der Waals surface area contributed by atoms with E-state index in [0.717, 1.165) is 10.6 Å². The van der Waals surface area contributed by atoms with E-state index < -0.39 is 46.1 Å². The van der Waals surface area contributed by atoms with Crippen molar-refractivity contribution < 1.29 is 39.9 Å². The molecular formula is C24H23F5N2O5S. The van der Waals surface area contributed by atoms with E-state index in [1.807, 2.05) is 0 Å². The van der Waals surface area contributed by atoms with Gasteiger partial charge in [-0.3, -0.25) is 13.9 Å². The Balaban J connectivity index is 1.77. The van der Waals surface area contributed by atoms with Crippen LogP contribution in [0.2, 0.25) is 0 Å². The molecule has 0 spiro atoms. The van der Waals surface area contributed by atoms with Crippen LogP contribution in [0.25, 0.3) is 16.7 Å².